The van der Waals surface area contributed by atoms with E-state index in [4.69, 9.17) is 4.74 Å². The van der Waals surface area contributed by atoms with Gasteiger partial charge >= 0.3 is 0 Å². The normalized spacial score (nSPS) is 14.6. The van der Waals surface area contributed by atoms with Crippen molar-refractivity contribution in [3.63, 3.8) is 0 Å². The van der Waals surface area contributed by atoms with Crippen LogP contribution < -0.4 is 5.32 Å². The van der Waals surface area contributed by atoms with Crippen molar-refractivity contribution in [1.82, 2.24) is 9.88 Å². The SMILES string of the molecule is CC(C)c1ncsc1C(=O)Nc1cccc(C(=O)N2CCOCC2)c1. The van der Waals surface area contributed by atoms with Crippen LogP contribution in [0.15, 0.2) is 29.8 Å². The summed E-state index contributed by atoms with van der Waals surface area (Å²) in [7, 11) is 0. The predicted octanol–water partition coefficient (Wildman–Crippen LogP) is 2.99. The summed E-state index contributed by atoms with van der Waals surface area (Å²) in [6.07, 6.45) is 0. The van der Waals surface area contributed by atoms with Crippen molar-refractivity contribution in [2.75, 3.05) is 31.6 Å². The van der Waals surface area contributed by atoms with Gasteiger partial charge in [-0.15, -0.1) is 11.3 Å². The fourth-order valence-corrected chi connectivity index (χ4v) is 3.54. The van der Waals surface area contributed by atoms with Crippen molar-refractivity contribution in [2.24, 2.45) is 0 Å². The van der Waals surface area contributed by atoms with Gasteiger partial charge in [-0.1, -0.05) is 19.9 Å². The molecule has 0 atom stereocenters. The highest BCUT2D eigenvalue weighted by atomic mass is 32.1. The quantitative estimate of drug-likeness (QED) is 0.911. The molecule has 1 N–H and O–H groups in total. The lowest BCUT2D eigenvalue weighted by Gasteiger charge is -2.27. The molecule has 1 aromatic carbocycles. The van der Waals surface area contributed by atoms with Crippen LogP contribution in [0, 0.1) is 0 Å². The predicted molar refractivity (Wildman–Crippen MR) is 97.3 cm³/mol. The number of benzene rings is 1. The van der Waals surface area contributed by atoms with Gasteiger partial charge in [0, 0.05) is 24.3 Å². The van der Waals surface area contributed by atoms with Gasteiger partial charge in [-0.05, 0) is 24.1 Å². The van der Waals surface area contributed by atoms with Crippen molar-refractivity contribution < 1.29 is 14.3 Å². The number of thiazole rings is 1. The minimum atomic E-state index is -0.192. The van der Waals surface area contributed by atoms with E-state index in [1.165, 1.54) is 11.3 Å². The molecule has 6 nitrogen and oxygen atoms in total. The van der Waals surface area contributed by atoms with Crippen molar-refractivity contribution in [3.8, 4) is 0 Å². The number of rotatable bonds is 4. The number of nitrogens with zero attached hydrogens (tertiary/aromatic N) is 2. The Hall–Kier alpha value is -2.25. The first kappa shape index (κ1) is 17.6. The number of aromatic nitrogens is 1. The third-order valence-corrected chi connectivity index (χ3v) is 4.85. The minimum Gasteiger partial charge on any atom is -0.378 e. The van der Waals surface area contributed by atoms with Gasteiger partial charge in [-0.2, -0.15) is 0 Å². The number of amides is 2. The molecule has 1 fully saturated rings. The molecule has 1 aliphatic heterocycles. The highest BCUT2D eigenvalue weighted by molar-refractivity contribution is 7.12. The smallest absolute Gasteiger partial charge is 0.267 e. The Morgan fingerprint density at radius 1 is 1.28 bits per heavy atom. The van der Waals surface area contributed by atoms with Gasteiger partial charge < -0.3 is 15.0 Å². The van der Waals surface area contributed by atoms with Crippen LogP contribution in [-0.4, -0.2) is 48.0 Å². The molecule has 1 aliphatic rings. The standard InChI is InChI=1S/C18H21N3O3S/c1-12(2)15-16(25-11-19-15)17(22)20-14-5-3-4-13(10-14)18(23)21-6-8-24-9-7-21/h3-5,10-12H,6-9H2,1-2H3,(H,20,22). The molecule has 1 saturated heterocycles. The topological polar surface area (TPSA) is 71.5 Å². The Balaban J connectivity index is 1.74. The second-order valence-electron chi connectivity index (χ2n) is 6.16. The van der Waals surface area contributed by atoms with Crippen LogP contribution in [0.4, 0.5) is 5.69 Å². The molecule has 1 aromatic heterocycles. The molecule has 25 heavy (non-hydrogen) atoms. The zero-order valence-corrected chi connectivity index (χ0v) is 15.1. The Morgan fingerprint density at radius 2 is 2.04 bits per heavy atom. The summed E-state index contributed by atoms with van der Waals surface area (Å²) in [6, 6.07) is 7.04. The second kappa shape index (κ2) is 7.76. The van der Waals surface area contributed by atoms with E-state index in [-0.39, 0.29) is 17.7 Å². The first-order chi connectivity index (χ1) is 12.1. The van der Waals surface area contributed by atoms with E-state index in [0.29, 0.717) is 42.4 Å². The number of carbonyl (C=O) groups excluding carboxylic acids is 2. The molecule has 0 saturated carbocycles. The van der Waals surface area contributed by atoms with Gasteiger partial charge in [0.15, 0.2) is 0 Å². The first-order valence-corrected chi connectivity index (χ1v) is 9.16. The second-order valence-corrected chi connectivity index (χ2v) is 7.02. The average molecular weight is 359 g/mol. The lowest BCUT2D eigenvalue weighted by Crippen LogP contribution is -2.40. The Bertz CT molecular complexity index is 766. The summed E-state index contributed by atoms with van der Waals surface area (Å²) in [6.45, 7) is 6.32. The molecule has 0 bridgehead atoms. The molecule has 132 valence electrons. The summed E-state index contributed by atoms with van der Waals surface area (Å²) in [5.41, 5.74) is 3.64. The van der Waals surface area contributed by atoms with Gasteiger partial charge in [0.1, 0.15) is 4.88 Å². The molecule has 0 spiro atoms. The Morgan fingerprint density at radius 3 is 2.76 bits per heavy atom. The van der Waals surface area contributed by atoms with E-state index in [0.717, 1.165) is 5.69 Å². The first-order valence-electron chi connectivity index (χ1n) is 8.28. The Kier molecular flexibility index (Phi) is 5.45. The molecule has 3 rings (SSSR count). The number of ether oxygens (including phenoxy) is 1. The lowest BCUT2D eigenvalue weighted by molar-refractivity contribution is 0.0303. The number of morpholine rings is 1. The summed E-state index contributed by atoms with van der Waals surface area (Å²) < 4.78 is 5.28. The molecular weight excluding hydrogens is 338 g/mol. The van der Waals surface area contributed by atoms with Gasteiger partial charge in [0.2, 0.25) is 0 Å². The van der Waals surface area contributed by atoms with Gasteiger partial charge in [0.05, 0.1) is 24.4 Å². The van der Waals surface area contributed by atoms with Crippen molar-refractivity contribution in [1.29, 1.82) is 0 Å². The van der Waals surface area contributed by atoms with Crippen LogP contribution >= 0.6 is 11.3 Å². The molecule has 2 aromatic rings. The van der Waals surface area contributed by atoms with E-state index < -0.39 is 0 Å². The number of carbonyl (C=O) groups is 2. The fraction of sp³-hybridized carbons (Fsp3) is 0.389. The summed E-state index contributed by atoms with van der Waals surface area (Å²) in [5.74, 6) is -0.0523. The molecular formula is C18H21N3O3S. The Labute approximate surface area is 150 Å². The largest absolute Gasteiger partial charge is 0.378 e. The van der Waals surface area contributed by atoms with Crippen LogP contribution in [0.5, 0.6) is 0 Å². The highest BCUT2D eigenvalue weighted by Crippen LogP contribution is 2.23. The van der Waals surface area contributed by atoms with Crippen molar-refractivity contribution >= 4 is 28.8 Å². The molecule has 2 amide bonds. The third kappa shape index (κ3) is 4.05. The zero-order valence-electron chi connectivity index (χ0n) is 14.3. The van der Waals surface area contributed by atoms with E-state index in [1.54, 1.807) is 34.7 Å². The fourth-order valence-electron chi connectivity index (χ4n) is 2.70. The van der Waals surface area contributed by atoms with Crippen LogP contribution in [0.2, 0.25) is 0 Å². The van der Waals surface area contributed by atoms with Crippen LogP contribution in [0.1, 0.15) is 45.5 Å². The van der Waals surface area contributed by atoms with E-state index in [9.17, 15) is 9.59 Å². The summed E-state index contributed by atoms with van der Waals surface area (Å²) in [4.78, 5) is 31.7. The van der Waals surface area contributed by atoms with Crippen molar-refractivity contribution in [2.45, 2.75) is 19.8 Å². The number of anilines is 1. The highest BCUT2D eigenvalue weighted by Gasteiger charge is 2.20. The lowest BCUT2D eigenvalue weighted by atomic mass is 10.1. The maximum atomic E-state index is 12.6. The summed E-state index contributed by atoms with van der Waals surface area (Å²) in [5, 5.41) is 2.87. The monoisotopic (exact) mass is 359 g/mol. The zero-order chi connectivity index (χ0) is 17.8. The molecule has 2 heterocycles. The molecule has 0 radical (unpaired) electrons. The van der Waals surface area contributed by atoms with E-state index >= 15 is 0 Å². The van der Waals surface area contributed by atoms with Crippen molar-refractivity contribution in [3.05, 3.63) is 45.9 Å². The third-order valence-electron chi connectivity index (χ3n) is 4.01. The maximum absolute atomic E-state index is 12.6. The number of hydrogen-bond acceptors (Lipinski definition) is 5. The molecule has 0 unspecified atom stereocenters. The summed E-state index contributed by atoms with van der Waals surface area (Å²) >= 11 is 1.33. The van der Waals surface area contributed by atoms with Gasteiger partial charge in [-0.3, -0.25) is 9.59 Å². The molecule has 7 heteroatoms. The van der Waals surface area contributed by atoms with Gasteiger partial charge in [-0.25, -0.2) is 4.98 Å². The molecule has 0 aliphatic carbocycles. The van der Waals surface area contributed by atoms with Crippen LogP contribution in [-0.2, 0) is 4.74 Å². The van der Waals surface area contributed by atoms with Gasteiger partial charge in [0.25, 0.3) is 11.8 Å². The minimum absolute atomic E-state index is 0.0416. The van der Waals surface area contributed by atoms with E-state index in [2.05, 4.69) is 10.3 Å². The van der Waals surface area contributed by atoms with E-state index in [1.807, 2.05) is 13.8 Å². The average Bonchev–Trinajstić information content (AvgIpc) is 3.12. The van der Waals surface area contributed by atoms with Crippen LogP contribution in [0.3, 0.4) is 0 Å². The number of hydrogen-bond donors (Lipinski definition) is 1. The van der Waals surface area contributed by atoms with Crippen LogP contribution in [0.25, 0.3) is 0 Å². The number of nitrogens with one attached hydrogen (secondary N) is 1. The maximum Gasteiger partial charge on any atom is 0.267 e.